The molecule has 3 nitrogen and oxygen atoms in total. The van der Waals surface area contributed by atoms with Crippen LogP contribution in [-0.2, 0) is 0 Å². The Morgan fingerprint density at radius 2 is 2.25 bits per heavy atom. The number of hydrogen-bond acceptors (Lipinski definition) is 3. The normalized spacial score (nSPS) is 10.4. The SMILES string of the molecule is C/C=C\c1cc(O)ccc1N=O. The first kappa shape index (κ1) is 8.46. The quantitative estimate of drug-likeness (QED) is 0.681. The van der Waals surface area contributed by atoms with Crippen molar-refractivity contribution in [1.82, 2.24) is 0 Å². The molecule has 0 saturated carbocycles. The van der Waals surface area contributed by atoms with Crippen molar-refractivity contribution in [3.63, 3.8) is 0 Å². The smallest absolute Gasteiger partial charge is 0.116 e. The van der Waals surface area contributed by atoms with Gasteiger partial charge in [0.25, 0.3) is 0 Å². The summed E-state index contributed by atoms with van der Waals surface area (Å²) in [7, 11) is 0. The third kappa shape index (κ3) is 1.69. The Hall–Kier alpha value is -1.64. The Morgan fingerprint density at radius 3 is 2.83 bits per heavy atom. The fourth-order valence-electron chi connectivity index (χ4n) is 0.938. The molecule has 0 fully saturated rings. The molecule has 12 heavy (non-hydrogen) atoms. The third-order valence-corrected chi connectivity index (χ3v) is 1.46. The van der Waals surface area contributed by atoms with E-state index < -0.39 is 0 Å². The van der Waals surface area contributed by atoms with Crippen molar-refractivity contribution in [2.45, 2.75) is 6.92 Å². The van der Waals surface area contributed by atoms with Crippen LogP contribution in [0.3, 0.4) is 0 Å². The highest BCUT2D eigenvalue weighted by atomic mass is 16.3. The molecule has 1 aromatic carbocycles. The molecule has 0 saturated heterocycles. The molecule has 0 aliphatic rings. The summed E-state index contributed by atoms with van der Waals surface area (Å²) in [5, 5.41) is 11.9. The topological polar surface area (TPSA) is 49.7 Å². The standard InChI is InChI=1S/C9H9NO2/c1-2-3-7-6-8(11)4-5-9(7)10-12/h2-6,11H,1H3/b3-2-. The summed E-state index contributed by atoms with van der Waals surface area (Å²) >= 11 is 0. The van der Waals surface area contributed by atoms with Crippen LogP contribution < -0.4 is 0 Å². The molecule has 0 bridgehead atoms. The minimum atomic E-state index is 0.135. The second-order valence-corrected chi connectivity index (χ2v) is 2.33. The largest absolute Gasteiger partial charge is 0.508 e. The third-order valence-electron chi connectivity index (χ3n) is 1.46. The Labute approximate surface area is 70.3 Å². The highest BCUT2D eigenvalue weighted by Crippen LogP contribution is 2.24. The van der Waals surface area contributed by atoms with E-state index in [1.807, 2.05) is 6.92 Å². The Bertz CT molecular complexity index is 318. The van der Waals surface area contributed by atoms with Crippen LogP contribution in [0, 0.1) is 4.91 Å². The molecule has 0 heterocycles. The van der Waals surface area contributed by atoms with Crippen LogP contribution in [0.4, 0.5) is 5.69 Å². The van der Waals surface area contributed by atoms with E-state index in [4.69, 9.17) is 5.11 Å². The number of allylic oxidation sites excluding steroid dienone is 1. The molecule has 1 rings (SSSR count). The lowest BCUT2D eigenvalue weighted by atomic mass is 10.1. The van der Waals surface area contributed by atoms with Gasteiger partial charge in [-0.05, 0) is 30.3 Å². The van der Waals surface area contributed by atoms with E-state index in [0.717, 1.165) is 0 Å². The van der Waals surface area contributed by atoms with E-state index >= 15 is 0 Å². The number of aromatic hydroxyl groups is 1. The zero-order valence-corrected chi connectivity index (χ0v) is 6.69. The van der Waals surface area contributed by atoms with Gasteiger partial charge in [0, 0.05) is 5.56 Å². The number of phenols is 1. The average molecular weight is 163 g/mol. The molecular weight excluding hydrogens is 154 g/mol. The summed E-state index contributed by atoms with van der Waals surface area (Å²) in [5.41, 5.74) is 0.971. The molecule has 62 valence electrons. The lowest BCUT2D eigenvalue weighted by Gasteiger charge is -1.97. The number of benzene rings is 1. The number of phenolic OH excluding ortho intramolecular Hbond substituents is 1. The molecule has 1 N–H and O–H groups in total. The fourth-order valence-corrected chi connectivity index (χ4v) is 0.938. The summed E-state index contributed by atoms with van der Waals surface area (Å²) in [6.45, 7) is 1.83. The maximum absolute atomic E-state index is 10.2. The van der Waals surface area contributed by atoms with Crippen LogP contribution >= 0.6 is 0 Å². The zero-order valence-electron chi connectivity index (χ0n) is 6.69. The van der Waals surface area contributed by atoms with Gasteiger partial charge in [0.05, 0.1) is 0 Å². The zero-order chi connectivity index (χ0) is 8.97. The van der Waals surface area contributed by atoms with Crippen molar-refractivity contribution in [2.75, 3.05) is 0 Å². The monoisotopic (exact) mass is 163 g/mol. The van der Waals surface area contributed by atoms with Crippen molar-refractivity contribution in [3.8, 4) is 5.75 Å². The first-order valence-electron chi connectivity index (χ1n) is 3.57. The van der Waals surface area contributed by atoms with Gasteiger partial charge in [-0.15, -0.1) is 4.91 Å². The van der Waals surface area contributed by atoms with Gasteiger partial charge in [-0.25, -0.2) is 0 Å². The number of nitrogens with zero attached hydrogens (tertiary/aromatic N) is 1. The van der Waals surface area contributed by atoms with Crippen LogP contribution in [-0.4, -0.2) is 5.11 Å². The maximum Gasteiger partial charge on any atom is 0.116 e. The van der Waals surface area contributed by atoms with E-state index in [-0.39, 0.29) is 5.75 Å². The molecule has 0 unspecified atom stereocenters. The summed E-state index contributed by atoms with van der Waals surface area (Å²) in [4.78, 5) is 10.2. The first-order valence-corrected chi connectivity index (χ1v) is 3.57. The van der Waals surface area contributed by atoms with Crippen molar-refractivity contribution in [3.05, 3.63) is 34.7 Å². The van der Waals surface area contributed by atoms with Crippen LogP contribution in [0.2, 0.25) is 0 Å². The molecule has 0 aliphatic heterocycles. The van der Waals surface area contributed by atoms with Crippen LogP contribution in [0.15, 0.2) is 29.5 Å². The van der Waals surface area contributed by atoms with Crippen LogP contribution in [0.25, 0.3) is 6.08 Å². The highest BCUT2D eigenvalue weighted by Gasteiger charge is 1.99. The second-order valence-electron chi connectivity index (χ2n) is 2.33. The van der Waals surface area contributed by atoms with Crippen LogP contribution in [0.1, 0.15) is 12.5 Å². The van der Waals surface area contributed by atoms with Crippen molar-refractivity contribution >= 4 is 11.8 Å². The molecule has 0 spiro atoms. The van der Waals surface area contributed by atoms with Crippen LogP contribution in [0.5, 0.6) is 5.75 Å². The number of rotatable bonds is 2. The first-order chi connectivity index (χ1) is 5.77. The average Bonchev–Trinajstić information content (AvgIpc) is 2.05. The van der Waals surface area contributed by atoms with Crippen molar-refractivity contribution < 1.29 is 5.11 Å². The molecular formula is C9H9NO2. The van der Waals surface area contributed by atoms with Gasteiger partial charge < -0.3 is 5.11 Å². The van der Waals surface area contributed by atoms with E-state index in [1.54, 1.807) is 12.2 Å². The fraction of sp³-hybridized carbons (Fsp3) is 0.111. The van der Waals surface area contributed by atoms with Gasteiger partial charge in [-0.3, -0.25) is 0 Å². The predicted molar refractivity (Wildman–Crippen MR) is 48.3 cm³/mol. The van der Waals surface area contributed by atoms with Gasteiger partial charge in [0.2, 0.25) is 0 Å². The molecule has 0 radical (unpaired) electrons. The van der Waals surface area contributed by atoms with Crippen molar-refractivity contribution in [1.29, 1.82) is 0 Å². The highest BCUT2D eigenvalue weighted by molar-refractivity contribution is 5.65. The van der Waals surface area contributed by atoms with E-state index in [1.165, 1.54) is 18.2 Å². The van der Waals surface area contributed by atoms with E-state index in [0.29, 0.717) is 11.3 Å². The molecule has 0 atom stereocenters. The van der Waals surface area contributed by atoms with Gasteiger partial charge >= 0.3 is 0 Å². The maximum atomic E-state index is 10.2. The summed E-state index contributed by atoms with van der Waals surface area (Å²) in [5.74, 6) is 0.135. The lowest BCUT2D eigenvalue weighted by molar-refractivity contribution is 0.475. The Balaban J connectivity index is 3.20. The molecule has 0 aliphatic carbocycles. The second kappa shape index (κ2) is 3.67. The Kier molecular flexibility index (Phi) is 2.58. The minimum absolute atomic E-state index is 0.135. The van der Waals surface area contributed by atoms with E-state index in [2.05, 4.69) is 5.18 Å². The lowest BCUT2D eigenvalue weighted by Crippen LogP contribution is -1.73. The molecule has 1 aromatic rings. The van der Waals surface area contributed by atoms with Crippen molar-refractivity contribution in [2.24, 2.45) is 5.18 Å². The van der Waals surface area contributed by atoms with E-state index in [9.17, 15) is 4.91 Å². The molecule has 0 aromatic heterocycles. The summed E-state index contributed by atoms with van der Waals surface area (Å²) in [6, 6.07) is 4.41. The Morgan fingerprint density at radius 1 is 1.50 bits per heavy atom. The number of nitroso groups, excluding NO2 is 1. The van der Waals surface area contributed by atoms with Gasteiger partial charge in [-0.1, -0.05) is 12.2 Å². The summed E-state index contributed by atoms with van der Waals surface area (Å²) in [6.07, 6.45) is 3.50. The van der Waals surface area contributed by atoms with Gasteiger partial charge in [0.15, 0.2) is 0 Å². The molecule has 3 heteroatoms. The van der Waals surface area contributed by atoms with Gasteiger partial charge in [-0.2, -0.15) is 0 Å². The number of hydrogen-bond donors (Lipinski definition) is 1. The minimum Gasteiger partial charge on any atom is -0.508 e. The van der Waals surface area contributed by atoms with Gasteiger partial charge in [0.1, 0.15) is 11.4 Å². The predicted octanol–water partition coefficient (Wildman–Crippen LogP) is 2.82. The summed E-state index contributed by atoms with van der Waals surface area (Å²) < 4.78 is 0. The molecule has 0 amide bonds.